The largest absolute Gasteiger partial charge is 0.310 e. The molecule has 0 aliphatic rings. The van der Waals surface area contributed by atoms with E-state index in [2.05, 4.69) is 289 Å². The van der Waals surface area contributed by atoms with Crippen LogP contribution >= 0.6 is 11.3 Å². The molecule has 0 N–H and O–H groups in total. The molecule has 13 aromatic rings. The predicted octanol–water partition coefficient (Wildman–Crippen LogP) is 15.3. The highest BCUT2D eigenvalue weighted by molar-refractivity contribution is 7.26. The van der Waals surface area contributed by atoms with Crippen LogP contribution in [0.3, 0.4) is 0 Å². The van der Waals surface area contributed by atoms with Crippen molar-refractivity contribution in [2.45, 2.75) is 0 Å². The van der Waals surface area contributed by atoms with E-state index in [0.29, 0.717) is 0 Å². The minimum atomic E-state index is -2.71. The van der Waals surface area contributed by atoms with Crippen LogP contribution in [0.5, 0.6) is 0 Å². The molecule has 0 aliphatic carbocycles. The van der Waals surface area contributed by atoms with E-state index in [-0.39, 0.29) is 0 Å². The standard InChI is InChI=1S/C66H46N2SSi/c1-5-19-50(20-6-1)68-60-30-15-13-27-58(60)65-57(29-17-31-61(65)68)49-37-35-47(36-38-49)48-39-41-51(42-40-48)67(62-32-18-34-64-66(62)59-28-14-16-33-63(59)69-64)52-43-45-56(46-44-52)70(53-21-7-2-8-22-53,54-23-9-3-10-24-54)55-25-11-4-12-26-55/h1-46H. The van der Waals surface area contributed by atoms with Gasteiger partial charge in [-0.2, -0.15) is 0 Å². The summed E-state index contributed by atoms with van der Waals surface area (Å²) in [5.74, 6) is 0. The van der Waals surface area contributed by atoms with Crippen LogP contribution in [0.4, 0.5) is 17.1 Å². The van der Waals surface area contributed by atoms with Crippen LogP contribution in [0.2, 0.25) is 0 Å². The molecular formula is C66H46N2SSi. The Bertz CT molecular complexity index is 3860. The number of rotatable bonds is 10. The van der Waals surface area contributed by atoms with Gasteiger partial charge in [0.25, 0.3) is 0 Å². The molecule has 2 aromatic heterocycles. The van der Waals surface area contributed by atoms with Crippen LogP contribution < -0.4 is 25.6 Å². The lowest BCUT2D eigenvalue weighted by Gasteiger charge is -2.35. The van der Waals surface area contributed by atoms with Gasteiger partial charge in [0.15, 0.2) is 8.07 Å². The Kier molecular flexibility index (Phi) is 10.4. The van der Waals surface area contributed by atoms with E-state index < -0.39 is 8.07 Å². The Morgan fingerprint density at radius 1 is 0.314 bits per heavy atom. The highest BCUT2D eigenvalue weighted by atomic mass is 32.1. The van der Waals surface area contributed by atoms with Crippen LogP contribution in [-0.4, -0.2) is 12.6 Å². The second-order valence-electron chi connectivity index (χ2n) is 18.0. The zero-order valence-corrected chi connectivity index (χ0v) is 40.2. The molecule has 0 saturated heterocycles. The highest BCUT2D eigenvalue weighted by Crippen LogP contribution is 2.45. The predicted molar refractivity (Wildman–Crippen MR) is 303 cm³/mol. The van der Waals surface area contributed by atoms with Crippen molar-refractivity contribution in [3.05, 3.63) is 279 Å². The molecule has 4 heteroatoms. The summed E-state index contributed by atoms with van der Waals surface area (Å²) in [6.07, 6.45) is 0. The van der Waals surface area contributed by atoms with E-state index in [1.165, 1.54) is 96.4 Å². The summed E-state index contributed by atoms with van der Waals surface area (Å²) in [4.78, 5) is 2.46. The molecule has 0 fully saturated rings. The minimum absolute atomic E-state index is 1.11. The van der Waals surface area contributed by atoms with Gasteiger partial charge in [-0.05, 0) is 110 Å². The van der Waals surface area contributed by atoms with E-state index in [0.717, 1.165) is 11.4 Å². The van der Waals surface area contributed by atoms with Crippen molar-refractivity contribution in [2.75, 3.05) is 4.90 Å². The van der Waals surface area contributed by atoms with Gasteiger partial charge in [-0.15, -0.1) is 11.3 Å². The van der Waals surface area contributed by atoms with Gasteiger partial charge >= 0.3 is 0 Å². The first-order valence-electron chi connectivity index (χ1n) is 24.0. The van der Waals surface area contributed by atoms with Gasteiger partial charge in [0, 0.05) is 48.0 Å². The second-order valence-corrected chi connectivity index (χ2v) is 22.9. The van der Waals surface area contributed by atoms with Gasteiger partial charge in [-0.25, -0.2) is 0 Å². The fraction of sp³-hybridized carbons (Fsp3) is 0. The maximum atomic E-state index is 2.46. The summed E-state index contributed by atoms with van der Waals surface area (Å²) in [6.45, 7) is 0. The van der Waals surface area contributed by atoms with Crippen molar-refractivity contribution in [2.24, 2.45) is 0 Å². The number of aromatic nitrogens is 1. The number of fused-ring (bicyclic) bond motifs is 6. The van der Waals surface area contributed by atoms with Gasteiger partial charge in [-0.3, -0.25) is 0 Å². The van der Waals surface area contributed by atoms with Gasteiger partial charge in [0.05, 0.1) is 16.7 Å². The number of nitrogens with zero attached hydrogens (tertiary/aromatic N) is 2. The lowest BCUT2D eigenvalue weighted by molar-refractivity contribution is 1.18. The maximum absolute atomic E-state index is 2.71. The molecule has 70 heavy (non-hydrogen) atoms. The Morgan fingerprint density at radius 2 is 0.771 bits per heavy atom. The molecule has 2 heterocycles. The normalized spacial score (nSPS) is 11.7. The quantitative estimate of drug-likeness (QED) is 0.0980. The minimum Gasteiger partial charge on any atom is -0.310 e. The summed E-state index contributed by atoms with van der Waals surface area (Å²) < 4.78 is 4.96. The molecule has 0 unspecified atom stereocenters. The van der Waals surface area contributed by atoms with E-state index >= 15 is 0 Å². The van der Waals surface area contributed by atoms with Crippen LogP contribution in [0.15, 0.2) is 279 Å². The third-order valence-electron chi connectivity index (χ3n) is 14.2. The van der Waals surface area contributed by atoms with Gasteiger partial charge in [-0.1, -0.05) is 212 Å². The molecular weight excluding hydrogens is 881 g/mol. The number of hydrogen-bond donors (Lipinski definition) is 0. The summed E-state index contributed by atoms with van der Waals surface area (Å²) in [7, 11) is -2.71. The molecule has 2 nitrogen and oxygen atoms in total. The fourth-order valence-corrected chi connectivity index (χ4v) is 16.9. The van der Waals surface area contributed by atoms with E-state index in [9.17, 15) is 0 Å². The maximum Gasteiger partial charge on any atom is 0.179 e. The zero-order chi connectivity index (χ0) is 46.4. The van der Waals surface area contributed by atoms with Crippen LogP contribution in [-0.2, 0) is 0 Å². The number of hydrogen-bond acceptors (Lipinski definition) is 2. The number of para-hydroxylation sites is 2. The first-order chi connectivity index (χ1) is 34.7. The van der Waals surface area contributed by atoms with Crippen LogP contribution in [0.1, 0.15) is 0 Å². The lowest BCUT2D eigenvalue weighted by atomic mass is 9.97. The van der Waals surface area contributed by atoms with Gasteiger partial charge in [0.1, 0.15) is 0 Å². The van der Waals surface area contributed by atoms with Gasteiger partial charge < -0.3 is 9.47 Å². The molecule has 0 saturated carbocycles. The second kappa shape index (κ2) is 17.5. The molecule has 0 amide bonds. The van der Waals surface area contributed by atoms with E-state index in [1.807, 2.05) is 11.3 Å². The van der Waals surface area contributed by atoms with Gasteiger partial charge in [0.2, 0.25) is 0 Å². The van der Waals surface area contributed by atoms with Crippen molar-refractivity contribution in [1.82, 2.24) is 4.57 Å². The van der Waals surface area contributed by atoms with Crippen molar-refractivity contribution >= 4 is 99.2 Å². The van der Waals surface area contributed by atoms with Crippen molar-refractivity contribution in [3.63, 3.8) is 0 Å². The fourth-order valence-electron chi connectivity index (χ4n) is 11.1. The highest BCUT2D eigenvalue weighted by Gasteiger charge is 2.41. The molecule has 13 rings (SSSR count). The molecule has 0 bridgehead atoms. The van der Waals surface area contributed by atoms with Crippen LogP contribution in [0.25, 0.3) is 69.9 Å². The average molecular weight is 927 g/mol. The Hall–Kier alpha value is -8.54. The SMILES string of the molecule is c1ccc(-n2c3ccccc3c3c(-c4ccc(-c5ccc(N(c6ccc([Si](c7ccccc7)(c7ccccc7)c7ccccc7)cc6)c6cccc7sc8ccccc8c67)cc5)cc4)cccc32)cc1. The Labute approximate surface area is 413 Å². The van der Waals surface area contributed by atoms with E-state index in [1.54, 1.807) is 0 Å². The topological polar surface area (TPSA) is 8.17 Å². The smallest absolute Gasteiger partial charge is 0.179 e. The van der Waals surface area contributed by atoms with Crippen molar-refractivity contribution in [1.29, 1.82) is 0 Å². The molecule has 11 aromatic carbocycles. The first kappa shape index (κ1) is 41.6. The molecule has 0 radical (unpaired) electrons. The lowest BCUT2D eigenvalue weighted by Crippen LogP contribution is -2.74. The zero-order valence-electron chi connectivity index (χ0n) is 38.4. The van der Waals surface area contributed by atoms with Crippen LogP contribution in [0, 0.1) is 0 Å². The van der Waals surface area contributed by atoms with Crippen molar-refractivity contribution < 1.29 is 0 Å². The monoisotopic (exact) mass is 926 g/mol. The summed E-state index contributed by atoms with van der Waals surface area (Å²) in [5.41, 5.74) is 11.8. The first-order valence-corrected chi connectivity index (χ1v) is 26.8. The third kappa shape index (κ3) is 6.91. The summed E-state index contributed by atoms with van der Waals surface area (Å²) in [5, 5.41) is 10.5. The number of thiophene rings is 1. The average Bonchev–Trinajstić information content (AvgIpc) is 4.00. The number of anilines is 3. The van der Waals surface area contributed by atoms with Crippen molar-refractivity contribution in [3.8, 4) is 27.9 Å². The third-order valence-corrected chi connectivity index (χ3v) is 20.1. The molecule has 0 spiro atoms. The Morgan fingerprint density at radius 3 is 1.40 bits per heavy atom. The molecule has 330 valence electrons. The molecule has 0 atom stereocenters. The summed E-state index contributed by atoms with van der Waals surface area (Å²) >= 11 is 1.86. The molecule has 0 aliphatic heterocycles. The van der Waals surface area contributed by atoms with E-state index in [4.69, 9.17) is 0 Å². The number of benzene rings is 11. The summed E-state index contributed by atoms with van der Waals surface area (Å²) in [6, 6.07) is 103. The Balaban J connectivity index is 0.914.